The zero-order valence-electron chi connectivity index (χ0n) is 22.6. The Balaban J connectivity index is 0.000000303. The van der Waals surface area contributed by atoms with E-state index >= 15 is 0 Å². The fourth-order valence-electron chi connectivity index (χ4n) is 4.93. The van der Waals surface area contributed by atoms with E-state index < -0.39 is 30.2 Å². The van der Waals surface area contributed by atoms with Gasteiger partial charge in [-0.3, -0.25) is 9.69 Å². The van der Waals surface area contributed by atoms with E-state index in [0.29, 0.717) is 16.5 Å². The second-order valence-corrected chi connectivity index (χ2v) is 10.2. The molecule has 1 spiro atoms. The number of aromatic nitrogens is 2. The Morgan fingerprint density at radius 2 is 1.56 bits per heavy atom. The summed E-state index contributed by atoms with van der Waals surface area (Å²) in [4.78, 5) is 32.0. The molecule has 5 N–H and O–H groups in total. The molecule has 2 fully saturated rings. The van der Waals surface area contributed by atoms with Crippen LogP contribution in [-0.4, -0.2) is 81.3 Å². The number of carbonyl (C=O) groups excluding carboxylic acids is 1. The van der Waals surface area contributed by atoms with Crippen LogP contribution in [0.15, 0.2) is 48.7 Å². The van der Waals surface area contributed by atoms with Gasteiger partial charge in [0.15, 0.2) is 0 Å². The number of carbonyl (C=O) groups is 3. The van der Waals surface area contributed by atoms with Crippen molar-refractivity contribution >= 4 is 28.7 Å². The number of aliphatic carboxylic acids is 2. The molecule has 1 unspecified atom stereocenters. The lowest BCUT2D eigenvalue weighted by Crippen LogP contribution is -2.41. The molecule has 0 bridgehead atoms. The van der Waals surface area contributed by atoms with Crippen LogP contribution in [-0.2, 0) is 16.1 Å². The van der Waals surface area contributed by atoms with Crippen LogP contribution in [0.3, 0.4) is 0 Å². The number of piperidine rings is 1. The van der Waals surface area contributed by atoms with E-state index in [1.165, 1.54) is 51.0 Å². The molecule has 1 atom stereocenters. The second-order valence-electron chi connectivity index (χ2n) is 10.2. The van der Waals surface area contributed by atoms with E-state index in [0.717, 1.165) is 17.6 Å². The van der Waals surface area contributed by atoms with Gasteiger partial charge in [0.2, 0.25) is 0 Å². The van der Waals surface area contributed by atoms with Gasteiger partial charge >= 0.3 is 24.3 Å². The van der Waals surface area contributed by atoms with Crippen molar-refractivity contribution in [2.24, 2.45) is 11.1 Å². The number of benzene rings is 2. The summed E-state index contributed by atoms with van der Waals surface area (Å²) in [6.45, 7) is 5.72. The number of likely N-dealkylation sites (tertiary alicyclic amines) is 1. The first-order valence-electron chi connectivity index (χ1n) is 12.9. The summed E-state index contributed by atoms with van der Waals surface area (Å²) in [5.74, 6) is -5.97. The number of rotatable bonds is 4. The SMILES string of the molecule is NC(=O)c1cccc2cn(-c3ccc(CN4CCC5(CCCNC5)C4)cc3)nc12.O=C(O)C(F)(F)F.O=C(O)C(F)(F)F. The molecule has 0 aliphatic carbocycles. The molecule has 10 nitrogen and oxygen atoms in total. The highest BCUT2D eigenvalue weighted by Crippen LogP contribution is 2.37. The minimum absolute atomic E-state index is 0.451. The molecule has 2 aliphatic heterocycles. The molecule has 16 heteroatoms. The fraction of sp³-hybridized carbons (Fsp3) is 0.407. The third-order valence-electron chi connectivity index (χ3n) is 6.97. The summed E-state index contributed by atoms with van der Waals surface area (Å²) in [5, 5.41) is 23.3. The summed E-state index contributed by atoms with van der Waals surface area (Å²) in [5.41, 5.74) is 9.38. The molecule has 0 saturated carbocycles. The van der Waals surface area contributed by atoms with Gasteiger partial charge in [-0.25, -0.2) is 14.3 Å². The first-order valence-corrected chi connectivity index (χ1v) is 12.9. The number of nitrogens with zero attached hydrogens (tertiary/aromatic N) is 3. The number of primary amides is 1. The van der Waals surface area contributed by atoms with Crippen molar-refractivity contribution in [3.05, 3.63) is 59.8 Å². The average Bonchev–Trinajstić information content (AvgIpc) is 3.53. The number of fused-ring (bicyclic) bond motifs is 1. The molecule has 1 aromatic heterocycles. The molecule has 1 amide bonds. The molecule has 234 valence electrons. The topological polar surface area (TPSA) is 151 Å². The maximum absolute atomic E-state index is 11.6. The normalized spacial score (nSPS) is 18.8. The number of carboxylic acids is 2. The Hall–Kier alpha value is -4.18. The Kier molecular flexibility index (Phi) is 10.4. The Bertz CT molecular complexity index is 1410. The van der Waals surface area contributed by atoms with E-state index in [2.05, 4.69) is 39.6 Å². The zero-order chi connectivity index (χ0) is 32.0. The van der Waals surface area contributed by atoms with Gasteiger partial charge in [0.1, 0.15) is 5.52 Å². The predicted molar refractivity (Wildman–Crippen MR) is 141 cm³/mol. The van der Waals surface area contributed by atoms with E-state index in [-0.39, 0.29) is 0 Å². The third kappa shape index (κ3) is 9.15. The number of halogens is 6. The van der Waals surface area contributed by atoms with Gasteiger partial charge in [0, 0.05) is 31.2 Å². The highest BCUT2D eigenvalue weighted by Gasteiger charge is 2.39. The minimum atomic E-state index is -5.08. The molecule has 3 aromatic rings. The van der Waals surface area contributed by atoms with Crippen molar-refractivity contribution in [2.45, 2.75) is 38.2 Å². The van der Waals surface area contributed by atoms with Gasteiger partial charge in [-0.2, -0.15) is 31.4 Å². The van der Waals surface area contributed by atoms with Crippen LogP contribution in [0.2, 0.25) is 0 Å². The molecule has 2 aromatic carbocycles. The monoisotopic (exact) mass is 617 g/mol. The smallest absolute Gasteiger partial charge is 0.475 e. The second kappa shape index (κ2) is 13.4. The fourth-order valence-corrected chi connectivity index (χ4v) is 4.93. The van der Waals surface area contributed by atoms with Gasteiger partial charge in [-0.05, 0) is 61.5 Å². The summed E-state index contributed by atoms with van der Waals surface area (Å²) in [6, 6.07) is 14.1. The lowest BCUT2D eigenvalue weighted by atomic mass is 9.80. The van der Waals surface area contributed by atoms with Crippen LogP contribution in [0.4, 0.5) is 26.3 Å². The van der Waals surface area contributed by atoms with Crippen molar-refractivity contribution in [2.75, 3.05) is 26.2 Å². The molecule has 43 heavy (non-hydrogen) atoms. The van der Waals surface area contributed by atoms with Gasteiger partial charge in [-0.15, -0.1) is 0 Å². The van der Waals surface area contributed by atoms with Gasteiger partial charge < -0.3 is 21.3 Å². The quantitative estimate of drug-likeness (QED) is 0.321. The number of nitrogens with one attached hydrogen (secondary N) is 1. The molecule has 5 rings (SSSR count). The lowest BCUT2D eigenvalue weighted by Gasteiger charge is -2.34. The van der Waals surface area contributed by atoms with Crippen LogP contribution >= 0.6 is 0 Å². The lowest BCUT2D eigenvalue weighted by molar-refractivity contribution is -0.193. The minimum Gasteiger partial charge on any atom is -0.475 e. The van der Waals surface area contributed by atoms with Crippen molar-refractivity contribution in [1.82, 2.24) is 20.0 Å². The van der Waals surface area contributed by atoms with Crippen LogP contribution < -0.4 is 11.1 Å². The van der Waals surface area contributed by atoms with E-state index in [1.807, 2.05) is 23.0 Å². The molecule has 2 saturated heterocycles. The van der Waals surface area contributed by atoms with Gasteiger partial charge in [0.25, 0.3) is 5.91 Å². The Morgan fingerprint density at radius 1 is 0.953 bits per heavy atom. The van der Waals surface area contributed by atoms with Crippen LogP contribution in [0.25, 0.3) is 16.6 Å². The van der Waals surface area contributed by atoms with Crippen molar-refractivity contribution in [3.63, 3.8) is 0 Å². The van der Waals surface area contributed by atoms with Crippen molar-refractivity contribution in [1.29, 1.82) is 0 Å². The number of alkyl halides is 6. The predicted octanol–water partition coefficient (Wildman–Crippen LogP) is 3.97. The number of hydrogen-bond acceptors (Lipinski definition) is 6. The molecule has 3 heterocycles. The maximum atomic E-state index is 11.6. The van der Waals surface area contributed by atoms with Crippen molar-refractivity contribution in [3.8, 4) is 5.69 Å². The van der Waals surface area contributed by atoms with Crippen LogP contribution in [0.1, 0.15) is 35.2 Å². The van der Waals surface area contributed by atoms with Crippen LogP contribution in [0.5, 0.6) is 0 Å². The van der Waals surface area contributed by atoms with Gasteiger partial charge in [0.05, 0.1) is 11.3 Å². The molecular formula is C27H29F6N5O5. The zero-order valence-corrected chi connectivity index (χ0v) is 22.6. The standard InChI is InChI=1S/C23H27N5O.2C2HF3O2/c24-22(29)20-4-1-3-18-14-28(26-21(18)20)19-7-5-17(6-8-19)13-27-12-10-23(16-27)9-2-11-25-15-23;2*3-2(4,5)1(6)7/h1,3-8,14,25H,2,9-13,15-16H2,(H2,24,29);2*(H,6,7). The molecular weight excluding hydrogens is 588 g/mol. The summed E-state index contributed by atoms with van der Waals surface area (Å²) in [7, 11) is 0. The largest absolute Gasteiger partial charge is 0.490 e. The average molecular weight is 618 g/mol. The summed E-state index contributed by atoms with van der Waals surface area (Å²) in [6.07, 6.45) is -4.26. The van der Waals surface area contributed by atoms with E-state index in [4.69, 9.17) is 25.5 Å². The summed E-state index contributed by atoms with van der Waals surface area (Å²) < 4.78 is 65.3. The number of hydrogen-bond donors (Lipinski definition) is 4. The first kappa shape index (κ1) is 33.3. The Labute approximate surface area is 241 Å². The highest BCUT2D eigenvalue weighted by atomic mass is 19.4. The number of nitrogens with two attached hydrogens (primary N) is 1. The Morgan fingerprint density at radius 3 is 2.07 bits per heavy atom. The number of amides is 1. The number of carboxylic acid groups (broad SMARTS) is 2. The molecule has 0 radical (unpaired) electrons. The first-order chi connectivity index (χ1) is 20.0. The van der Waals surface area contributed by atoms with Gasteiger partial charge in [-0.1, -0.05) is 24.3 Å². The van der Waals surface area contributed by atoms with Crippen LogP contribution in [0, 0.1) is 5.41 Å². The summed E-state index contributed by atoms with van der Waals surface area (Å²) >= 11 is 0. The maximum Gasteiger partial charge on any atom is 0.490 e. The third-order valence-corrected chi connectivity index (χ3v) is 6.97. The highest BCUT2D eigenvalue weighted by molar-refractivity contribution is 6.04. The van der Waals surface area contributed by atoms with E-state index in [9.17, 15) is 31.1 Å². The van der Waals surface area contributed by atoms with Crippen molar-refractivity contribution < 1.29 is 50.9 Å². The van der Waals surface area contributed by atoms with E-state index in [1.54, 1.807) is 6.07 Å². The molecule has 2 aliphatic rings.